The number of carbonyl (C=O) groups is 1. The van der Waals surface area contributed by atoms with E-state index >= 15 is 0 Å². The minimum atomic E-state index is -0.425. The highest BCUT2D eigenvalue weighted by Gasteiger charge is 2.29. The highest BCUT2D eigenvalue weighted by Crippen LogP contribution is 2.33. The number of nitrogens with one attached hydrogen (secondary N) is 1. The van der Waals surface area contributed by atoms with Crippen molar-refractivity contribution in [3.05, 3.63) is 40.3 Å². The van der Waals surface area contributed by atoms with Crippen LogP contribution in [-0.2, 0) is 0 Å². The Labute approximate surface area is 139 Å². The molecule has 1 fully saturated rings. The molecule has 1 aliphatic rings. The van der Waals surface area contributed by atoms with Crippen molar-refractivity contribution < 1.29 is 9.90 Å². The average molecular weight is 332 g/mol. The maximum atomic E-state index is 12.5. The first kappa shape index (κ1) is 15.9. The summed E-state index contributed by atoms with van der Waals surface area (Å²) in [5, 5.41) is 15.2. The Morgan fingerprint density at radius 2 is 2.09 bits per heavy atom. The normalized spacial score (nSPS) is 17.0. The van der Waals surface area contributed by atoms with E-state index in [0.29, 0.717) is 24.6 Å². The Morgan fingerprint density at radius 3 is 2.65 bits per heavy atom. The van der Waals surface area contributed by atoms with E-state index < -0.39 is 6.10 Å². The fourth-order valence-electron chi connectivity index (χ4n) is 2.86. The lowest BCUT2D eigenvalue weighted by molar-refractivity contribution is 0.0473. The van der Waals surface area contributed by atoms with Gasteiger partial charge in [0, 0.05) is 37.4 Å². The third-order valence-corrected chi connectivity index (χ3v) is 5.17. The predicted molar refractivity (Wildman–Crippen MR) is 89.5 cm³/mol. The quantitative estimate of drug-likeness (QED) is 0.897. The average Bonchev–Trinajstić information content (AvgIpc) is 3.15. The smallest absolute Gasteiger partial charge is 0.256 e. The first-order chi connectivity index (χ1) is 11.2. The zero-order chi connectivity index (χ0) is 16.2. The molecule has 2 aromatic heterocycles. The molecule has 7 heteroatoms. The maximum Gasteiger partial charge on any atom is 0.256 e. The number of thiophene rings is 1. The van der Waals surface area contributed by atoms with Crippen molar-refractivity contribution >= 4 is 23.2 Å². The van der Waals surface area contributed by atoms with Crippen LogP contribution in [0, 0.1) is 5.92 Å². The molecule has 1 atom stereocenters. The van der Waals surface area contributed by atoms with Crippen LogP contribution in [0.5, 0.6) is 0 Å². The molecule has 23 heavy (non-hydrogen) atoms. The molecule has 3 heterocycles. The molecule has 2 aromatic rings. The summed E-state index contributed by atoms with van der Waals surface area (Å²) in [5.74, 6) is 0.664. The molecule has 0 bridgehead atoms. The minimum absolute atomic E-state index is 0.0447. The Hall–Kier alpha value is -1.99. The Morgan fingerprint density at radius 1 is 1.39 bits per heavy atom. The first-order valence-electron chi connectivity index (χ1n) is 7.69. The lowest BCUT2D eigenvalue weighted by Gasteiger charge is -2.34. The van der Waals surface area contributed by atoms with E-state index in [1.54, 1.807) is 30.8 Å². The van der Waals surface area contributed by atoms with Gasteiger partial charge in [0.15, 0.2) is 0 Å². The molecule has 6 nitrogen and oxygen atoms in total. The van der Waals surface area contributed by atoms with Crippen LogP contribution in [0.25, 0.3) is 0 Å². The van der Waals surface area contributed by atoms with Gasteiger partial charge in [-0.2, -0.15) is 0 Å². The molecule has 0 aromatic carbocycles. The second kappa shape index (κ2) is 7.06. The molecule has 0 unspecified atom stereocenters. The first-order valence-corrected chi connectivity index (χ1v) is 8.57. The van der Waals surface area contributed by atoms with Gasteiger partial charge in [0.25, 0.3) is 5.91 Å². The fourth-order valence-corrected chi connectivity index (χ4v) is 3.66. The van der Waals surface area contributed by atoms with Crippen molar-refractivity contribution in [2.24, 2.45) is 5.92 Å². The summed E-state index contributed by atoms with van der Waals surface area (Å²) in [7, 11) is 1.74. The van der Waals surface area contributed by atoms with Gasteiger partial charge in [0.2, 0.25) is 5.95 Å². The topological polar surface area (TPSA) is 78.4 Å². The van der Waals surface area contributed by atoms with Gasteiger partial charge in [-0.15, -0.1) is 11.3 Å². The molecule has 1 saturated heterocycles. The summed E-state index contributed by atoms with van der Waals surface area (Å²) in [6, 6.07) is 3.92. The van der Waals surface area contributed by atoms with Crippen LogP contribution in [0.3, 0.4) is 0 Å². The van der Waals surface area contributed by atoms with E-state index in [0.717, 1.165) is 17.7 Å². The number of rotatable bonds is 4. The number of carbonyl (C=O) groups excluding carboxylic acids is 1. The van der Waals surface area contributed by atoms with Gasteiger partial charge in [0.05, 0.1) is 11.7 Å². The van der Waals surface area contributed by atoms with Gasteiger partial charge in [-0.3, -0.25) is 4.79 Å². The van der Waals surface area contributed by atoms with Crippen LogP contribution in [-0.4, -0.2) is 46.0 Å². The number of aromatic nitrogens is 2. The number of likely N-dealkylation sites (tertiary alicyclic amines) is 1. The van der Waals surface area contributed by atoms with E-state index in [9.17, 15) is 9.90 Å². The number of hydrogen-bond acceptors (Lipinski definition) is 6. The number of anilines is 1. The third kappa shape index (κ3) is 3.51. The third-order valence-electron chi connectivity index (χ3n) is 4.23. The van der Waals surface area contributed by atoms with Gasteiger partial charge in [0.1, 0.15) is 0 Å². The molecule has 0 spiro atoms. The molecule has 0 saturated carbocycles. The van der Waals surface area contributed by atoms with Gasteiger partial charge in [-0.1, -0.05) is 6.07 Å². The monoisotopic (exact) mass is 332 g/mol. The zero-order valence-electron chi connectivity index (χ0n) is 13.0. The van der Waals surface area contributed by atoms with Crippen LogP contribution in [0.15, 0.2) is 29.9 Å². The van der Waals surface area contributed by atoms with Crippen molar-refractivity contribution in [1.82, 2.24) is 14.9 Å². The van der Waals surface area contributed by atoms with Crippen molar-refractivity contribution in [1.29, 1.82) is 0 Å². The maximum absolute atomic E-state index is 12.5. The zero-order valence-corrected chi connectivity index (χ0v) is 13.8. The van der Waals surface area contributed by atoms with Crippen LogP contribution < -0.4 is 5.32 Å². The van der Waals surface area contributed by atoms with Crippen molar-refractivity contribution in [3.8, 4) is 0 Å². The molecule has 1 aliphatic heterocycles. The van der Waals surface area contributed by atoms with Gasteiger partial charge in [-0.05, 0) is 30.2 Å². The summed E-state index contributed by atoms with van der Waals surface area (Å²) >= 11 is 1.58. The van der Waals surface area contributed by atoms with E-state index in [-0.39, 0.29) is 11.8 Å². The second-order valence-electron chi connectivity index (χ2n) is 5.64. The van der Waals surface area contributed by atoms with Gasteiger partial charge >= 0.3 is 0 Å². The number of aliphatic hydroxyl groups is 1. The summed E-state index contributed by atoms with van der Waals surface area (Å²) < 4.78 is 0. The number of piperidine rings is 1. The van der Waals surface area contributed by atoms with Crippen LogP contribution in [0.2, 0.25) is 0 Å². The summed E-state index contributed by atoms with van der Waals surface area (Å²) in [4.78, 5) is 23.5. The van der Waals surface area contributed by atoms with Crippen molar-refractivity contribution in [2.75, 3.05) is 25.5 Å². The van der Waals surface area contributed by atoms with Crippen molar-refractivity contribution in [3.63, 3.8) is 0 Å². The largest absolute Gasteiger partial charge is 0.387 e. The molecule has 2 N–H and O–H groups in total. The van der Waals surface area contributed by atoms with Crippen molar-refractivity contribution in [2.45, 2.75) is 18.9 Å². The van der Waals surface area contributed by atoms with Gasteiger partial charge < -0.3 is 15.3 Å². The molecule has 0 radical (unpaired) electrons. The Kier molecular flexibility index (Phi) is 4.88. The Bertz CT molecular complexity index is 637. The number of amides is 1. The lowest BCUT2D eigenvalue weighted by atomic mass is 9.90. The highest BCUT2D eigenvalue weighted by molar-refractivity contribution is 7.10. The number of hydrogen-bond donors (Lipinski definition) is 2. The van der Waals surface area contributed by atoms with E-state index in [4.69, 9.17) is 0 Å². The molecule has 3 rings (SSSR count). The minimum Gasteiger partial charge on any atom is -0.387 e. The Balaban J connectivity index is 1.58. The second-order valence-corrected chi connectivity index (χ2v) is 6.61. The SMILES string of the molecule is CNc1ncc(C(=O)N2CCC([C@@H](O)c3cccs3)CC2)cn1. The highest BCUT2D eigenvalue weighted by atomic mass is 32.1. The molecule has 0 aliphatic carbocycles. The molecular weight excluding hydrogens is 312 g/mol. The van der Waals surface area contributed by atoms with Crippen LogP contribution >= 0.6 is 11.3 Å². The molecular formula is C16H20N4O2S. The fraction of sp³-hybridized carbons (Fsp3) is 0.438. The summed E-state index contributed by atoms with van der Waals surface area (Å²) in [6.45, 7) is 1.30. The number of aliphatic hydroxyl groups excluding tert-OH is 1. The molecule has 1 amide bonds. The van der Waals surface area contributed by atoms with E-state index in [1.165, 1.54) is 0 Å². The lowest BCUT2D eigenvalue weighted by Crippen LogP contribution is -2.39. The predicted octanol–water partition coefficient (Wildman–Crippen LogP) is 2.17. The summed E-state index contributed by atoms with van der Waals surface area (Å²) in [6.07, 6.45) is 4.28. The summed E-state index contributed by atoms with van der Waals surface area (Å²) in [5.41, 5.74) is 0.501. The standard InChI is InChI=1S/C16H20N4O2S/c1-17-16-18-9-12(10-19-16)15(22)20-6-4-11(5-7-20)14(21)13-3-2-8-23-13/h2-3,8-11,14,21H,4-7H2,1H3,(H,17,18,19)/t14-/m1/s1. The number of nitrogens with zero attached hydrogens (tertiary/aromatic N) is 3. The van der Waals surface area contributed by atoms with E-state index in [2.05, 4.69) is 15.3 Å². The van der Waals surface area contributed by atoms with Crippen LogP contribution in [0.4, 0.5) is 5.95 Å². The molecule has 122 valence electrons. The van der Waals surface area contributed by atoms with E-state index in [1.807, 2.05) is 22.4 Å². The van der Waals surface area contributed by atoms with Gasteiger partial charge in [-0.25, -0.2) is 9.97 Å². The van der Waals surface area contributed by atoms with Crippen LogP contribution in [0.1, 0.15) is 34.2 Å².